The lowest BCUT2D eigenvalue weighted by Crippen LogP contribution is -2.19. The molecule has 0 bridgehead atoms. The van der Waals surface area contributed by atoms with Gasteiger partial charge in [0.1, 0.15) is 11.9 Å². The molecule has 0 N–H and O–H groups in total. The number of aromatic nitrogens is 1. The highest BCUT2D eigenvalue weighted by Gasteiger charge is 2.30. The van der Waals surface area contributed by atoms with E-state index in [4.69, 9.17) is 9.15 Å². The highest BCUT2D eigenvalue weighted by Crippen LogP contribution is 2.30. The molecule has 0 spiro atoms. The predicted molar refractivity (Wildman–Crippen MR) is 84.2 cm³/mol. The van der Waals surface area contributed by atoms with E-state index in [2.05, 4.69) is 4.99 Å². The number of benzene rings is 1. The van der Waals surface area contributed by atoms with Crippen molar-refractivity contribution in [1.29, 1.82) is 0 Å². The van der Waals surface area contributed by atoms with Gasteiger partial charge in [-0.2, -0.15) is 13.2 Å². The summed E-state index contributed by atoms with van der Waals surface area (Å²) in [5.74, 6) is 0.479. The van der Waals surface area contributed by atoms with Crippen LogP contribution < -0.4 is 5.68 Å². The average Bonchev–Trinajstić information content (AvgIpc) is 2.96. The smallest absolute Gasteiger partial charge is 0.438 e. The number of alkyl halides is 3. The number of aryl methyl sites for hydroxylation is 1. The van der Waals surface area contributed by atoms with Crippen LogP contribution in [0.1, 0.15) is 38.5 Å². The minimum atomic E-state index is -4.47. The number of halogens is 3. The van der Waals surface area contributed by atoms with Gasteiger partial charge in [-0.1, -0.05) is 19.9 Å². The van der Waals surface area contributed by atoms with Crippen LogP contribution in [0.3, 0.4) is 0 Å². The molecule has 136 valence electrons. The van der Waals surface area contributed by atoms with E-state index in [9.17, 15) is 18.0 Å². The number of rotatable bonds is 4. The second kappa shape index (κ2) is 7.58. The van der Waals surface area contributed by atoms with Crippen LogP contribution in [-0.4, -0.2) is 16.8 Å². The third-order valence-corrected chi connectivity index (χ3v) is 3.57. The number of ether oxygens (including phenoxy) is 1. The fourth-order valence-electron chi connectivity index (χ4n) is 2.01. The second-order valence-corrected chi connectivity index (χ2v) is 5.47. The molecule has 1 heterocycles. The van der Waals surface area contributed by atoms with Crippen molar-refractivity contribution in [3.63, 3.8) is 0 Å². The maximum atomic E-state index is 12.9. The lowest BCUT2D eigenvalue weighted by molar-refractivity contribution is -0.137. The van der Waals surface area contributed by atoms with Gasteiger partial charge in [0.2, 0.25) is 0 Å². The molecule has 1 unspecified atom stereocenters. The zero-order valence-electron chi connectivity index (χ0n) is 14.1. The molecule has 1 atom stereocenters. The Hall–Kier alpha value is -2.51. The van der Waals surface area contributed by atoms with Crippen molar-refractivity contribution in [3.05, 3.63) is 47.5 Å². The van der Waals surface area contributed by atoms with Crippen LogP contribution in [0.4, 0.5) is 18.0 Å². The van der Waals surface area contributed by atoms with Crippen molar-refractivity contribution in [1.82, 2.24) is 4.57 Å². The van der Waals surface area contributed by atoms with E-state index in [1.54, 1.807) is 6.92 Å². The molecule has 0 aliphatic rings. The Balaban J connectivity index is 2.48. The van der Waals surface area contributed by atoms with Gasteiger partial charge in [0, 0.05) is 6.42 Å². The normalized spacial score (nSPS) is 13.8. The Kier molecular flexibility index (Phi) is 5.71. The van der Waals surface area contributed by atoms with Gasteiger partial charge in [-0.15, -0.1) is 4.99 Å². The van der Waals surface area contributed by atoms with Gasteiger partial charge in [0.05, 0.1) is 17.4 Å². The second-order valence-electron chi connectivity index (χ2n) is 5.47. The third-order valence-electron chi connectivity index (χ3n) is 3.57. The minimum absolute atomic E-state index is 0.135. The number of carbonyl (C=O) groups is 1. The van der Waals surface area contributed by atoms with Crippen molar-refractivity contribution >= 4 is 6.09 Å². The lowest BCUT2D eigenvalue weighted by atomic mass is 10.2. The third kappa shape index (κ3) is 4.74. The number of carbonyl (C=O) groups excluding carboxylic acids is 1. The molecular formula is C17H19F3N2O3. The summed E-state index contributed by atoms with van der Waals surface area (Å²) in [4.78, 5) is 15.6. The first-order valence-electron chi connectivity index (χ1n) is 7.89. The predicted octanol–water partition coefficient (Wildman–Crippen LogP) is 4.49. The van der Waals surface area contributed by atoms with Crippen LogP contribution in [0.15, 0.2) is 39.9 Å². The minimum Gasteiger partial charge on any atom is -0.445 e. The van der Waals surface area contributed by atoms with E-state index in [1.807, 2.05) is 13.8 Å². The molecule has 25 heavy (non-hydrogen) atoms. The molecule has 1 aromatic carbocycles. The van der Waals surface area contributed by atoms with Crippen LogP contribution in [0.2, 0.25) is 0 Å². The number of oxazole rings is 1. The van der Waals surface area contributed by atoms with Crippen molar-refractivity contribution in [2.45, 2.75) is 45.9 Å². The molecule has 0 aliphatic carbocycles. The van der Waals surface area contributed by atoms with E-state index >= 15 is 0 Å². The van der Waals surface area contributed by atoms with Crippen molar-refractivity contribution in [2.75, 3.05) is 0 Å². The van der Waals surface area contributed by atoms with Gasteiger partial charge in [-0.25, -0.2) is 4.79 Å². The molecule has 1 amide bonds. The molecule has 5 nitrogen and oxygen atoms in total. The van der Waals surface area contributed by atoms with Crippen LogP contribution in [0.25, 0.3) is 5.69 Å². The van der Waals surface area contributed by atoms with Gasteiger partial charge in [0.25, 0.3) is 0 Å². The van der Waals surface area contributed by atoms with Crippen molar-refractivity contribution < 1.29 is 27.1 Å². The summed E-state index contributed by atoms with van der Waals surface area (Å²) >= 11 is 0. The van der Waals surface area contributed by atoms with Gasteiger partial charge < -0.3 is 9.15 Å². The SMILES string of the molecule is CCc1cn(-c2cccc(C(F)(F)F)c2)c(=NC(=O)OC(C)CC)o1. The zero-order valence-corrected chi connectivity index (χ0v) is 14.1. The highest BCUT2D eigenvalue weighted by molar-refractivity contribution is 5.68. The molecule has 2 rings (SSSR count). The van der Waals surface area contributed by atoms with Crippen LogP contribution in [0.5, 0.6) is 0 Å². The summed E-state index contributed by atoms with van der Waals surface area (Å²) in [5, 5.41) is 0. The fourth-order valence-corrected chi connectivity index (χ4v) is 2.01. The molecular weight excluding hydrogens is 337 g/mol. The Morgan fingerprint density at radius 1 is 1.36 bits per heavy atom. The molecule has 0 fully saturated rings. The number of hydrogen-bond acceptors (Lipinski definition) is 3. The topological polar surface area (TPSA) is 56.7 Å². The molecule has 8 heteroatoms. The highest BCUT2D eigenvalue weighted by atomic mass is 19.4. The summed E-state index contributed by atoms with van der Waals surface area (Å²) in [6.45, 7) is 5.38. The quantitative estimate of drug-likeness (QED) is 0.811. The summed E-state index contributed by atoms with van der Waals surface area (Å²) in [5.41, 5.74) is -0.747. The van der Waals surface area contributed by atoms with E-state index in [0.29, 0.717) is 18.6 Å². The van der Waals surface area contributed by atoms with Gasteiger partial charge in [0.15, 0.2) is 0 Å². The van der Waals surface area contributed by atoms with Gasteiger partial charge >= 0.3 is 18.0 Å². The molecule has 1 aromatic heterocycles. The maximum Gasteiger partial charge on any atom is 0.438 e. The monoisotopic (exact) mass is 356 g/mol. The standard InChI is InChI=1S/C17H19F3N2O3/c1-4-11(3)24-16(23)21-15-22(10-14(5-2)25-15)13-8-6-7-12(9-13)17(18,19)20/h6-11H,4-5H2,1-3H3. The summed E-state index contributed by atoms with van der Waals surface area (Å²) in [6, 6.07) is 4.70. The summed E-state index contributed by atoms with van der Waals surface area (Å²) in [6.07, 6.45) is -3.03. The molecule has 0 saturated carbocycles. The van der Waals surface area contributed by atoms with Crippen LogP contribution in [-0.2, 0) is 17.3 Å². The summed E-state index contributed by atoms with van der Waals surface area (Å²) < 4.78 is 50.6. The van der Waals surface area contributed by atoms with E-state index < -0.39 is 17.8 Å². The van der Waals surface area contributed by atoms with Gasteiger partial charge in [-0.3, -0.25) is 4.57 Å². The maximum absolute atomic E-state index is 12.9. The average molecular weight is 356 g/mol. The number of hydrogen-bond donors (Lipinski definition) is 0. The number of nitrogens with zero attached hydrogens (tertiary/aromatic N) is 2. The lowest BCUT2D eigenvalue weighted by Gasteiger charge is -2.09. The Labute approximate surface area is 142 Å². The first-order chi connectivity index (χ1) is 11.7. The zero-order chi connectivity index (χ0) is 18.6. The van der Waals surface area contributed by atoms with Crippen LogP contribution in [0, 0.1) is 0 Å². The largest absolute Gasteiger partial charge is 0.445 e. The van der Waals surface area contributed by atoms with Crippen molar-refractivity contribution in [3.8, 4) is 5.69 Å². The molecule has 0 saturated heterocycles. The van der Waals surface area contributed by atoms with E-state index in [1.165, 1.54) is 22.9 Å². The summed E-state index contributed by atoms with van der Waals surface area (Å²) in [7, 11) is 0. The van der Waals surface area contributed by atoms with Gasteiger partial charge in [-0.05, 0) is 31.5 Å². The molecule has 0 aliphatic heterocycles. The van der Waals surface area contributed by atoms with E-state index in [-0.39, 0.29) is 17.5 Å². The van der Waals surface area contributed by atoms with Crippen LogP contribution >= 0.6 is 0 Å². The molecule has 0 radical (unpaired) electrons. The first-order valence-corrected chi connectivity index (χ1v) is 7.89. The molecule has 2 aromatic rings. The first kappa shape index (κ1) is 18.8. The van der Waals surface area contributed by atoms with E-state index in [0.717, 1.165) is 12.1 Å². The fraction of sp³-hybridized carbons (Fsp3) is 0.412. The van der Waals surface area contributed by atoms with Crippen molar-refractivity contribution in [2.24, 2.45) is 4.99 Å². The Bertz CT molecular complexity index is 806. The Morgan fingerprint density at radius 2 is 2.08 bits per heavy atom. The Morgan fingerprint density at radius 3 is 2.68 bits per heavy atom. The number of amides is 1.